The van der Waals surface area contributed by atoms with E-state index in [0.29, 0.717) is 0 Å². The van der Waals surface area contributed by atoms with Crippen molar-refractivity contribution in [2.24, 2.45) is 11.7 Å². The molecule has 0 aromatic carbocycles. The Balaban J connectivity index is 2.50. The van der Waals surface area contributed by atoms with Gasteiger partial charge in [0.2, 0.25) is 11.7 Å². The Hall–Kier alpha value is -2.51. The molecule has 0 aliphatic rings. The number of carbonyl (C=O) groups excluding carboxylic acids is 2. The van der Waals surface area contributed by atoms with Gasteiger partial charge >= 0.3 is 12.0 Å². The fourth-order valence-electron chi connectivity index (χ4n) is 1.51. The largest absolute Gasteiger partial charge is 0.475 e. The quantitative estimate of drug-likeness (QED) is 0.595. The second-order valence-electron chi connectivity index (χ2n) is 4.52. The standard InChI is InChI=1S/C12H17N3O5/c1-6(2)9(10(13)16)15-12(19)14-5-7-3-4-8(20-7)11(17)18/h3-4,6,9H,5H2,1-2H3,(H2,13,16)(H,17,18)(H2,14,15,19). The molecule has 1 atom stereocenters. The van der Waals surface area contributed by atoms with E-state index in [-0.39, 0.29) is 24.0 Å². The highest BCUT2D eigenvalue weighted by Crippen LogP contribution is 2.07. The molecule has 1 unspecified atom stereocenters. The van der Waals surface area contributed by atoms with E-state index in [4.69, 9.17) is 15.3 Å². The molecule has 8 nitrogen and oxygen atoms in total. The first-order chi connectivity index (χ1) is 9.31. The predicted molar refractivity (Wildman–Crippen MR) is 68.9 cm³/mol. The highest BCUT2D eigenvalue weighted by Gasteiger charge is 2.21. The molecule has 110 valence electrons. The van der Waals surface area contributed by atoms with Crippen LogP contribution in [-0.4, -0.2) is 29.1 Å². The first-order valence-electron chi connectivity index (χ1n) is 5.97. The van der Waals surface area contributed by atoms with Crippen molar-refractivity contribution in [2.45, 2.75) is 26.4 Å². The summed E-state index contributed by atoms with van der Waals surface area (Å²) in [6.07, 6.45) is 0. The third-order valence-electron chi connectivity index (χ3n) is 2.56. The number of nitrogens with one attached hydrogen (secondary N) is 2. The van der Waals surface area contributed by atoms with E-state index in [9.17, 15) is 14.4 Å². The Bertz CT molecular complexity index is 509. The molecule has 0 spiro atoms. The Morgan fingerprint density at radius 1 is 1.35 bits per heavy atom. The number of furan rings is 1. The molecular weight excluding hydrogens is 266 g/mol. The highest BCUT2D eigenvalue weighted by molar-refractivity contribution is 5.86. The number of hydrogen-bond donors (Lipinski definition) is 4. The maximum atomic E-state index is 11.6. The molecule has 3 amide bonds. The summed E-state index contributed by atoms with van der Waals surface area (Å²) >= 11 is 0. The van der Waals surface area contributed by atoms with Crippen LogP contribution in [0.15, 0.2) is 16.5 Å². The van der Waals surface area contributed by atoms with Gasteiger partial charge in [-0.05, 0) is 18.1 Å². The first-order valence-corrected chi connectivity index (χ1v) is 5.97. The molecule has 0 radical (unpaired) electrons. The van der Waals surface area contributed by atoms with Crippen molar-refractivity contribution in [3.05, 3.63) is 23.7 Å². The van der Waals surface area contributed by atoms with Crippen LogP contribution in [0.2, 0.25) is 0 Å². The Morgan fingerprint density at radius 3 is 2.45 bits per heavy atom. The Labute approximate surface area is 115 Å². The van der Waals surface area contributed by atoms with Gasteiger partial charge in [0, 0.05) is 0 Å². The van der Waals surface area contributed by atoms with Gasteiger partial charge < -0.3 is 25.9 Å². The molecule has 1 aromatic heterocycles. The summed E-state index contributed by atoms with van der Waals surface area (Å²) in [7, 11) is 0. The smallest absolute Gasteiger partial charge is 0.371 e. The van der Waals surface area contributed by atoms with Crippen molar-refractivity contribution in [1.29, 1.82) is 0 Å². The number of hydrogen-bond acceptors (Lipinski definition) is 4. The number of amides is 3. The van der Waals surface area contributed by atoms with Crippen LogP contribution in [0.1, 0.15) is 30.2 Å². The molecule has 0 saturated carbocycles. The Kier molecular flexibility index (Phi) is 5.13. The maximum Gasteiger partial charge on any atom is 0.371 e. The summed E-state index contributed by atoms with van der Waals surface area (Å²) in [6, 6.07) is 1.37. The number of urea groups is 1. The number of carbonyl (C=O) groups is 3. The lowest BCUT2D eigenvalue weighted by atomic mass is 10.0. The second kappa shape index (κ2) is 6.60. The van der Waals surface area contributed by atoms with Crippen molar-refractivity contribution in [3.8, 4) is 0 Å². The van der Waals surface area contributed by atoms with E-state index in [1.54, 1.807) is 13.8 Å². The van der Waals surface area contributed by atoms with Crippen LogP contribution < -0.4 is 16.4 Å². The number of carboxylic acids is 1. The van der Waals surface area contributed by atoms with Crippen molar-refractivity contribution in [3.63, 3.8) is 0 Å². The predicted octanol–water partition coefficient (Wildman–Crippen LogP) is 0.287. The van der Waals surface area contributed by atoms with Crippen LogP contribution in [0.25, 0.3) is 0 Å². The molecular formula is C12H17N3O5. The number of carboxylic acid groups (broad SMARTS) is 1. The van der Waals surface area contributed by atoms with Crippen LogP contribution >= 0.6 is 0 Å². The van der Waals surface area contributed by atoms with Gasteiger partial charge in [0.15, 0.2) is 0 Å². The van der Waals surface area contributed by atoms with Gasteiger partial charge in [-0.3, -0.25) is 4.79 Å². The SMILES string of the molecule is CC(C)C(NC(=O)NCc1ccc(C(=O)O)o1)C(N)=O. The van der Waals surface area contributed by atoms with Crippen molar-refractivity contribution in [2.75, 3.05) is 0 Å². The normalized spacial score (nSPS) is 11.9. The lowest BCUT2D eigenvalue weighted by molar-refractivity contribution is -0.120. The number of rotatable bonds is 6. The Morgan fingerprint density at radius 2 is 2.00 bits per heavy atom. The van der Waals surface area contributed by atoms with Gasteiger partial charge in [-0.25, -0.2) is 9.59 Å². The first kappa shape index (κ1) is 15.5. The van der Waals surface area contributed by atoms with Gasteiger partial charge in [-0.15, -0.1) is 0 Å². The van der Waals surface area contributed by atoms with Crippen LogP contribution in [0.4, 0.5) is 4.79 Å². The van der Waals surface area contributed by atoms with Crippen molar-refractivity contribution < 1.29 is 23.9 Å². The molecule has 0 bridgehead atoms. The maximum absolute atomic E-state index is 11.6. The average Bonchev–Trinajstić information content (AvgIpc) is 2.81. The third-order valence-corrected chi connectivity index (χ3v) is 2.56. The average molecular weight is 283 g/mol. The summed E-state index contributed by atoms with van der Waals surface area (Å²) in [5, 5.41) is 13.6. The zero-order valence-electron chi connectivity index (χ0n) is 11.2. The topological polar surface area (TPSA) is 135 Å². The van der Waals surface area contributed by atoms with Gasteiger partial charge in [-0.2, -0.15) is 0 Å². The number of aromatic carboxylic acids is 1. The van der Waals surface area contributed by atoms with Gasteiger partial charge in [0.1, 0.15) is 11.8 Å². The molecule has 0 fully saturated rings. The summed E-state index contributed by atoms with van der Waals surface area (Å²) in [6.45, 7) is 3.51. The van der Waals surface area contributed by atoms with E-state index in [0.717, 1.165) is 0 Å². The van der Waals surface area contributed by atoms with Crippen molar-refractivity contribution in [1.82, 2.24) is 10.6 Å². The zero-order chi connectivity index (χ0) is 15.3. The zero-order valence-corrected chi connectivity index (χ0v) is 11.2. The minimum absolute atomic E-state index is 0.00267. The molecule has 0 aliphatic heterocycles. The van der Waals surface area contributed by atoms with Gasteiger partial charge in [-0.1, -0.05) is 13.8 Å². The summed E-state index contributed by atoms with van der Waals surface area (Å²) in [4.78, 5) is 33.3. The van der Waals surface area contributed by atoms with Crippen LogP contribution in [0.5, 0.6) is 0 Å². The van der Waals surface area contributed by atoms with E-state index in [1.807, 2.05) is 0 Å². The fraction of sp³-hybridized carbons (Fsp3) is 0.417. The lowest BCUT2D eigenvalue weighted by Gasteiger charge is -2.18. The van der Waals surface area contributed by atoms with Crippen LogP contribution in [0.3, 0.4) is 0 Å². The molecule has 20 heavy (non-hydrogen) atoms. The second-order valence-corrected chi connectivity index (χ2v) is 4.52. The molecule has 5 N–H and O–H groups in total. The molecule has 1 heterocycles. The van der Waals surface area contributed by atoms with Gasteiger partial charge in [0.25, 0.3) is 0 Å². The van der Waals surface area contributed by atoms with E-state index >= 15 is 0 Å². The highest BCUT2D eigenvalue weighted by atomic mass is 16.4. The van der Waals surface area contributed by atoms with Crippen LogP contribution in [-0.2, 0) is 11.3 Å². The summed E-state index contributed by atoms with van der Waals surface area (Å²) in [5.41, 5.74) is 5.16. The van der Waals surface area contributed by atoms with E-state index in [1.165, 1.54) is 12.1 Å². The number of primary amides is 1. The lowest BCUT2D eigenvalue weighted by Crippen LogP contribution is -2.50. The van der Waals surface area contributed by atoms with Crippen LogP contribution in [0, 0.1) is 5.92 Å². The van der Waals surface area contributed by atoms with Crippen molar-refractivity contribution >= 4 is 17.9 Å². The van der Waals surface area contributed by atoms with Gasteiger partial charge in [0.05, 0.1) is 6.54 Å². The third kappa shape index (κ3) is 4.30. The number of nitrogens with two attached hydrogens (primary N) is 1. The molecule has 8 heteroatoms. The van der Waals surface area contributed by atoms with E-state index in [2.05, 4.69) is 10.6 Å². The molecule has 0 saturated heterocycles. The summed E-state index contributed by atoms with van der Waals surface area (Å²) < 4.78 is 4.96. The summed E-state index contributed by atoms with van der Waals surface area (Å²) in [5.74, 6) is -1.87. The van der Waals surface area contributed by atoms with E-state index < -0.39 is 23.9 Å². The minimum Gasteiger partial charge on any atom is -0.475 e. The monoisotopic (exact) mass is 283 g/mol. The molecule has 1 rings (SSSR count). The molecule has 0 aliphatic carbocycles. The fourth-order valence-corrected chi connectivity index (χ4v) is 1.51. The molecule has 1 aromatic rings. The minimum atomic E-state index is -1.19.